The SMILES string of the molecule is CCN(CCc1ccncc1)C(=O)C(=O)N(C(C)=O)c1ccc(N)cc1. The molecule has 0 saturated heterocycles. The van der Waals surface area contributed by atoms with Gasteiger partial charge in [0.15, 0.2) is 0 Å². The molecule has 0 aliphatic carbocycles. The molecule has 0 spiro atoms. The van der Waals surface area contributed by atoms with Crippen molar-refractivity contribution in [3.05, 3.63) is 54.4 Å². The van der Waals surface area contributed by atoms with Gasteiger partial charge in [-0.25, -0.2) is 4.90 Å². The molecular weight excluding hydrogens is 332 g/mol. The highest BCUT2D eigenvalue weighted by atomic mass is 16.2. The van der Waals surface area contributed by atoms with Crippen molar-refractivity contribution in [2.45, 2.75) is 20.3 Å². The Labute approximate surface area is 152 Å². The fourth-order valence-electron chi connectivity index (χ4n) is 2.51. The first-order valence-electron chi connectivity index (χ1n) is 8.32. The molecule has 0 saturated carbocycles. The summed E-state index contributed by atoms with van der Waals surface area (Å²) in [5.41, 5.74) is 7.47. The van der Waals surface area contributed by atoms with E-state index in [1.165, 1.54) is 24.0 Å². The van der Waals surface area contributed by atoms with Gasteiger partial charge >= 0.3 is 11.8 Å². The number of anilines is 2. The van der Waals surface area contributed by atoms with Crippen molar-refractivity contribution in [1.29, 1.82) is 0 Å². The lowest BCUT2D eigenvalue weighted by Crippen LogP contribution is -2.47. The Hall–Kier alpha value is -3.22. The number of carbonyl (C=O) groups excluding carboxylic acids is 3. The highest BCUT2D eigenvalue weighted by Gasteiger charge is 2.30. The lowest BCUT2D eigenvalue weighted by Gasteiger charge is -2.24. The van der Waals surface area contributed by atoms with E-state index in [1.54, 1.807) is 31.5 Å². The maximum Gasteiger partial charge on any atom is 0.323 e. The summed E-state index contributed by atoms with van der Waals surface area (Å²) in [5.74, 6) is -2.12. The molecule has 136 valence electrons. The minimum absolute atomic E-state index is 0.315. The topological polar surface area (TPSA) is 96.6 Å². The molecule has 2 aromatic rings. The first-order valence-corrected chi connectivity index (χ1v) is 8.32. The van der Waals surface area contributed by atoms with Crippen LogP contribution in [0.1, 0.15) is 19.4 Å². The lowest BCUT2D eigenvalue weighted by molar-refractivity contribution is -0.145. The Morgan fingerprint density at radius 3 is 2.15 bits per heavy atom. The number of pyridine rings is 1. The van der Waals surface area contributed by atoms with Crippen molar-refractivity contribution in [1.82, 2.24) is 9.88 Å². The molecule has 7 nitrogen and oxygen atoms in total. The van der Waals surface area contributed by atoms with E-state index in [2.05, 4.69) is 4.98 Å². The number of carbonyl (C=O) groups is 3. The number of hydrogen-bond acceptors (Lipinski definition) is 5. The molecule has 0 aliphatic rings. The van der Waals surface area contributed by atoms with Crippen molar-refractivity contribution < 1.29 is 14.4 Å². The van der Waals surface area contributed by atoms with Crippen LogP contribution in [0, 0.1) is 0 Å². The number of hydrogen-bond donors (Lipinski definition) is 1. The largest absolute Gasteiger partial charge is 0.399 e. The van der Waals surface area contributed by atoms with Crippen LogP contribution in [0.2, 0.25) is 0 Å². The summed E-state index contributed by atoms with van der Waals surface area (Å²) in [6, 6.07) is 9.94. The van der Waals surface area contributed by atoms with Gasteiger partial charge in [-0.15, -0.1) is 0 Å². The quantitative estimate of drug-likeness (QED) is 0.650. The summed E-state index contributed by atoms with van der Waals surface area (Å²) in [6.07, 6.45) is 3.95. The fourth-order valence-corrected chi connectivity index (χ4v) is 2.51. The van der Waals surface area contributed by atoms with E-state index >= 15 is 0 Å². The Morgan fingerprint density at radius 2 is 1.62 bits per heavy atom. The van der Waals surface area contributed by atoms with Crippen LogP contribution in [0.5, 0.6) is 0 Å². The zero-order valence-electron chi connectivity index (χ0n) is 14.9. The minimum Gasteiger partial charge on any atom is -0.399 e. The van der Waals surface area contributed by atoms with Gasteiger partial charge in [-0.3, -0.25) is 19.4 Å². The van der Waals surface area contributed by atoms with Crippen LogP contribution < -0.4 is 10.6 Å². The number of benzene rings is 1. The fraction of sp³-hybridized carbons (Fsp3) is 0.263. The number of rotatable bonds is 5. The molecule has 1 aromatic heterocycles. The van der Waals surface area contributed by atoms with E-state index in [-0.39, 0.29) is 0 Å². The first kappa shape index (κ1) is 19.1. The minimum atomic E-state index is -0.876. The summed E-state index contributed by atoms with van der Waals surface area (Å²) in [7, 11) is 0. The van der Waals surface area contributed by atoms with Crippen LogP contribution in [0.25, 0.3) is 0 Å². The average Bonchev–Trinajstić information content (AvgIpc) is 2.64. The van der Waals surface area contributed by atoms with E-state index < -0.39 is 17.7 Å². The van der Waals surface area contributed by atoms with Gasteiger partial charge in [0.1, 0.15) is 0 Å². The average molecular weight is 354 g/mol. The third-order valence-electron chi connectivity index (χ3n) is 3.94. The standard InChI is InChI=1S/C19H22N4O3/c1-3-22(13-10-15-8-11-21-12-9-15)18(25)19(26)23(14(2)24)17-6-4-16(20)5-7-17/h4-9,11-12H,3,10,13,20H2,1-2H3. The second kappa shape index (κ2) is 8.75. The zero-order chi connectivity index (χ0) is 19.1. The van der Waals surface area contributed by atoms with Crippen molar-refractivity contribution in [2.24, 2.45) is 0 Å². The van der Waals surface area contributed by atoms with E-state index in [1.807, 2.05) is 12.1 Å². The van der Waals surface area contributed by atoms with Crippen LogP contribution in [0.15, 0.2) is 48.8 Å². The molecule has 0 fully saturated rings. The molecule has 0 bridgehead atoms. The second-order valence-electron chi connectivity index (χ2n) is 5.74. The van der Waals surface area contributed by atoms with Crippen LogP contribution in [-0.2, 0) is 20.8 Å². The van der Waals surface area contributed by atoms with Crippen LogP contribution in [0.3, 0.4) is 0 Å². The summed E-state index contributed by atoms with van der Waals surface area (Å²) in [6.45, 7) is 3.77. The van der Waals surface area contributed by atoms with Gasteiger partial charge in [0.05, 0.1) is 5.69 Å². The zero-order valence-corrected chi connectivity index (χ0v) is 14.9. The van der Waals surface area contributed by atoms with Crippen LogP contribution >= 0.6 is 0 Å². The Balaban J connectivity index is 2.14. The lowest BCUT2D eigenvalue weighted by atomic mass is 10.2. The van der Waals surface area contributed by atoms with Gasteiger partial charge in [0.25, 0.3) is 0 Å². The Kier molecular flexibility index (Phi) is 6.43. The summed E-state index contributed by atoms with van der Waals surface area (Å²) in [4.78, 5) is 43.5. The van der Waals surface area contributed by atoms with Gasteiger partial charge < -0.3 is 10.6 Å². The van der Waals surface area contributed by atoms with Gasteiger partial charge in [-0.05, 0) is 55.3 Å². The molecule has 0 aliphatic heterocycles. The molecule has 0 radical (unpaired) electrons. The molecule has 2 N–H and O–H groups in total. The maximum atomic E-state index is 12.7. The number of imide groups is 1. The third-order valence-corrected chi connectivity index (χ3v) is 3.94. The normalized spacial score (nSPS) is 10.2. The molecule has 1 aromatic carbocycles. The van der Waals surface area contributed by atoms with Gasteiger partial charge in [-0.2, -0.15) is 0 Å². The third kappa shape index (κ3) is 4.66. The van der Waals surface area contributed by atoms with Crippen molar-refractivity contribution >= 4 is 29.1 Å². The van der Waals surface area contributed by atoms with Crippen molar-refractivity contribution in [3.63, 3.8) is 0 Å². The number of aromatic nitrogens is 1. The maximum absolute atomic E-state index is 12.7. The molecule has 7 heteroatoms. The predicted molar refractivity (Wildman–Crippen MR) is 99.2 cm³/mol. The number of nitrogens with two attached hydrogens (primary N) is 1. The van der Waals surface area contributed by atoms with E-state index in [4.69, 9.17) is 5.73 Å². The number of nitrogen functional groups attached to an aromatic ring is 1. The highest BCUT2D eigenvalue weighted by molar-refractivity contribution is 6.45. The second-order valence-corrected chi connectivity index (χ2v) is 5.74. The van der Waals surface area contributed by atoms with Gasteiger partial charge in [0.2, 0.25) is 5.91 Å². The van der Waals surface area contributed by atoms with Crippen molar-refractivity contribution in [3.8, 4) is 0 Å². The summed E-state index contributed by atoms with van der Waals surface area (Å²) >= 11 is 0. The summed E-state index contributed by atoms with van der Waals surface area (Å²) in [5, 5.41) is 0. The number of amides is 3. The molecular formula is C19H22N4O3. The van der Waals surface area contributed by atoms with E-state index in [0.717, 1.165) is 10.5 Å². The van der Waals surface area contributed by atoms with Gasteiger partial charge in [0, 0.05) is 38.1 Å². The monoisotopic (exact) mass is 354 g/mol. The smallest absolute Gasteiger partial charge is 0.323 e. The molecule has 26 heavy (non-hydrogen) atoms. The highest BCUT2D eigenvalue weighted by Crippen LogP contribution is 2.17. The van der Waals surface area contributed by atoms with Crippen LogP contribution in [-0.4, -0.2) is 40.7 Å². The Morgan fingerprint density at radius 1 is 1.00 bits per heavy atom. The first-order chi connectivity index (χ1) is 12.4. The molecule has 1 heterocycles. The summed E-state index contributed by atoms with van der Waals surface area (Å²) < 4.78 is 0. The number of likely N-dealkylation sites (N-methyl/N-ethyl adjacent to an activating group) is 1. The molecule has 3 amide bonds. The number of nitrogens with zero attached hydrogens (tertiary/aromatic N) is 3. The van der Waals surface area contributed by atoms with Crippen molar-refractivity contribution in [2.75, 3.05) is 23.7 Å². The van der Waals surface area contributed by atoms with Gasteiger partial charge in [-0.1, -0.05) is 0 Å². The molecule has 2 rings (SSSR count). The van der Waals surface area contributed by atoms with E-state index in [9.17, 15) is 14.4 Å². The molecule has 0 unspecified atom stereocenters. The predicted octanol–water partition coefficient (Wildman–Crippen LogP) is 1.63. The van der Waals surface area contributed by atoms with E-state index in [0.29, 0.717) is 30.9 Å². The molecule has 0 atom stereocenters. The Bertz CT molecular complexity index is 775. The van der Waals surface area contributed by atoms with Crippen LogP contribution in [0.4, 0.5) is 11.4 Å².